The minimum Gasteiger partial charge on any atom is -0.394 e. The van der Waals surface area contributed by atoms with Crippen LogP contribution in [0.15, 0.2) is 0 Å². The zero-order chi connectivity index (χ0) is 22.1. The van der Waals surface area contributed by atoms with Crippen LogP contribution in [0.25, 0.3) is 0 Å². The summed E-state index contributed by atoms with van der Waals surface area (Å²) in [6.07, 6.45) is 4.85. The average molecular weight is 440 g/mol. The first-order valence-corrected chi connectivity index (χ1v) is 12.4. The first-order chi connectivity index (χ1) is 14.4. The van der Waals surface area contributed by atoms with Crippen molar-refractivity contribution < 1.29 is 19.5 Å². The standard InChI is InChI=1S/C22H37N3O4S/c1-5-8-13(4)24-20(28)18-22-10-9-15(30-22)16(19(27)23-11-6-2)17(22)21(29)25(18)14(7-3)12-26/h13-18,26H,5-12H2,1-4H3,(H,23,27)(H,24,28)/t13?,14-,15+,16-,17-,18?,22?/m0/s1. The number of carbonyl (C=O) groups excluding carboxylic acids is 3. The number of hydrogen-bond donors (Lipinski definition) is 3. The number of hydrogen-bond acceptors (Lipinski definition) is 5. The third-order valence-electron chi connectivity index (χ3n) is 7.02. The number of carbonyl (C=O) groups is 3. The van der Waals surface area contributed by atoms with Crippen LogP contribution in [0.2, 0.25) is 0 Å². The van der Waals surface area contributed by atoms with E-state index in [1.165, 1.54) is 0 Å². The number of nitrogens with one attached hydrogen (secondary N) is 2. The minimum atomic E-state index is -0.634. The Morgan fingerprint density at radius 3 is 2.60 bits per heavy atom. The molecular formula is C22H37N3O4S. The number of thioether (sulfide) groups is 1. The number of fused-ring (bicyclic) bond motifs is 1. The molecule has 7 nitrogen and oxygen atoms in total. The number of aliphatic hydroxyl groups excluding tert-OH is 1. The van der Waals surface area contributed by atoms with E-state index in [4.69, 9.17) is 0 Å². The summed E-state index contributed by atoms with van der Waals surface area (Å²) in [7, 11) is 0. The maximum absolute atomic E-state index is 13.7. The summed E-state index contributed by atoms with van der Waals surface area (Å²) < 4.78 is -0.575. The van der Waals surface area contributed by atoms with E-state index in [0.29, 0.717) is 13.0 Å². The Hall–Kier alpha value is -1.28. The van der Waals surface area contributed by atoms with Crippen LogP contribution in [-0.2, 0) is 14.4 Å². The normalized spacial score (nSPS) is 34.0. The van der Waals surface area contributed by atoms with Gasteiger partial charge in [-0.2, -0.15) is 0 Å². The quantitative estimate of drug-likeness (QED) is 0.481. The second-order valence-electron chi connectivity index (χ2n) is 9.04. The Kier molecular flexibility index (Phi) is 7.38. The Bertz CT molecular complexity index is 671. The van der Waals surface area contributed by atoms with Gasteiger partial charge in [-0.05, 0) is 39.0 Å². The fourth-order valence-electron chi connectivity index (χ4n) is 5.69. The lowest BCUT2D eigenvalue weighted by Crippen LogP contribution is -2.57. The molecule has 3 amide bonds. The van der Waals surface area contributed by atoms with Gasteiger partial charge in [0.05, 0.1) is 29.2 Å². The average Bonchev–Trinajstić information content (AvgIpc) is 3.35. The summed E-state index contributed by atoms with van der Waals surface area (Å²) in [6.45, 7) is 8.41. The van der Waals surface area contributed by atoms with Crippen molar-refractivity contribution in [2.24, 2.45) is 11.8 Å². The first kappa shape index (κ1) is 23.4. The van der Waals surface area contributed by atoms with Gasteiger partial charge >= 0.3 is 0 Å². The van der Waals surface area contributed by atoms with E-state index >= 15 is 0 Å². The Morgan fingerprint density at radius 2 is 2.00 bits per heavy atom. The van der Waals surface area contributed by atoms with Crippen molar-refractivity contribution in [2.45, 2.75) is 94.3 Å². The topological polar surface area (TPSA) is 98.7 Å². The zero-order valence-corrected chi connectivity index (χ0v) is 19.5. The van der Waals surface area contributed by atoms with E-state index in [0.717, 1.165) is 32.1 Å². The fraction of sp³-hybridized carbons (Fsp3) is 0.864. The number of aliphatic hydroxyl groups is 1. The van der Waals surface area contributed by atoms with Crippen LogP contribution in [0.1, 0.15) is 66.2 Å². The molecule has 3 rings (SSSR count). The van der Waals surface area contributed by atoms with Crippen LogP contribution in [0.5, 0.6) is 0 Å². The van der Waals surface area contributed by atoms with Crippen LogP contribution in [-0.4, -0.2) is 69.0 Å². The van der Waals surface area contributed by atoms with Crippen molar-refractivity contribution in [3.63, 3.8) is 0 Å². The second kappa shape index (κ2) is 9.47. The summed E-state index contributed by atoms with van der Waals surface area (Å²) in [6, 6.07) is -1.02. The molecule has 0 aromatic rings. The third-order valence-corrected chi connectivity index (χ3v) is 8.98. The molecule has 2 bridgehead atoms. The van der Waals surface area contributed by atoms with Crippen molar-refractivity contribution in [2.75, 3.05) is 13.2 Å². The third kappa shape index (κ3) is 3.74. The van der Waals surface area contributed by atoms with Crippen LogP contribution in [0.4, 0.5) is 0 Å². The molecule has 170 valence electrons. The number of nitrogens with zero attached hydrogens (tertiary/aromatic N) is 1. The van der Waals surface area contributed by atoms with E-state index in [2.05, 4.69) is 17.6 Å². The molecule has 8 heteroatoms. The van der Waals surface area contributed by atoms with E-state index in [9.17, 15) is 19.5 Å². The number of rotatable bonds is 10. The second-order valence-corrected chi connectivity index (χ2v) is 10.6. The van der Waals surface area contributed by atoms with Crippen LogP contribution in [0.3, 0.4) is 0 Å². The number of amides is 3. The molecule has 3 heterocycles. The largest absolute Gasteiger partial charge is 0.394 e. The van der Waals surface area contributed by atoms with E-state index in [1.807, 2.05) is 20.8 Å². The molecule has 0 aromatic carbocycles. The van der Waals surface area contributed by atoms with Gasteiger partial charge in [0.15, 0.2) is 0 Å². The summed E-state index contributed by atoms with van der Waals surface area (Å²) in [5.41, 5.74) is 0. The Morgan fingerprint density at radius 1 is 1.27 bits per heavy atom. The highest BCUT2D eigenvalue weighted by atomic mass is 32.2. The molecular weight excluding hydrogens is 402 g/mol. The Labute approximate surface area is 184 Å². The first-order valence-electron chi connectivity index (χ1n) is 11.5. The minimum absolute atomic E-state index is 0.0244. The van der Waals surface area contributed by atoms with Gasteiger partial charge in [-0.1, -0.05) is 27.2 Å². The van der Waals surface area contributed by atoms with Crippen molar-refractivity contribution in [1.82, 2.24) is 15.5 Å². The molecule has 3 unspecified atom stereocenters. The van der Waals surface area contributed by atoms with Gasteiger partial charge in [0.1, 0.15) is 6.04 Å². The summed E-state index contributed by atoms with van der Waals surface area (Å²) >= 11 is 1.68. The molecule has 30 heavy (non-hydrogen) atoms. The van der Waals surface area contributed by atoms with E-state index in [1.54, 1.807) is 16.7 Å². The molecule has 3 aliphatic rings. The highest BCUT2D eigenvalue weighted by molar-refractivity contribution is 8.02. The summed E-state index contributed by atoms with van der Waals surface area (Å²) in [4.78, 5) is 41.8. The molecule has 0 aromatic heterocycles. The zero-order valence-electron chi connectivity index (χ0n) is 18.6. The predicted octanol–water partition coefficient (Wildman–Crippen LogP) is 1.68. The molecule has 0 radical (unpaired) electrons. The summed E-state index contributed by atoms with van der Waals surface area (Å²) in [5.74, 6) is -1.22. The van der Waals surface area contributed by atoms with Gasteiger partial charge in [0.2, 0.25) is 17.7 Å². The lowest BCUT2D eigenvalue weighted by Gasteiger charge is -2.37. The van der Waals surface area contributed by atoms with Gasteiger partial charge in [-0.25, -0.2) is 0 Å². The van der Waals surface area contributed by atoms with Crippen molar-refractivity contribution in [1.29, 1.82) is 0 Å². The predicted molar refractivity (Wildman–Crippen MR) is 118 cm³/mol. The van der Waals surface area contributed by atoms with Gasteiger partial charge in [0, 0.05) is 17.8 Å². The Balaban J connectivity index is 1.96. The molecule has 3 N–H and O–H groups in total. The lowest BCUT2D eigenvalue weighted by molar-refractivity contribution is -0.143. The molecule has 3 saturated heterocycles. The van der Waals surface area contributed by atoms with Crippen molar-refractivity contribution in [3.8, 4) is 0 Å². The highest BCUT2D eigenvalue weighted by Gasteiger charge is 2.74. The lowest BCUT2D eigenvalue weighted by atomic mass is 9.70. The van der Waals surface area contributed by atoms with Crippen molar-refractivity contribution >= 4 is 29.5 Å². The molecule has 3 fully saturated rings. The smallest absolute Gasteiger partial charge is 0.244 e. The van der Waals surface area contributed by atoms with E-state index in [-0.39, 0.29) is 35.6 Å². The molecule has 0 saturated carbocycles. The fourth-order valence-corrected chi connectivity index (χ4v) is 7.90. The monoisotopic (exact) mass is 439 g/mol. The highest BCUT2D eigenvalue weighted by Crippen LogP contribution is 2.66. The van der Waals surface area contributed by atoms with Gasteiger partial charge in [-0.3, -0.25) is 14.4 Å². The van der Waals surface area contributed by atoms with Gasteiger partial charge < -0.3 is 20.6 Å². The SMILES string of the molecule is CCCNC(=O)[C@@H]1[C@H]2C(=O)N([C@@H](CC)CO)C(C(=O)NC(C)CCC)C23CC[C@H]1S3. The van der Waals surface area contributed by atoms with Crippen LogP contribution in [0, 0.1) is 11.8 Å². The van der Waals surface area contributed by atoms with Crippen LogP contribution < -0.4 is 10.6 Å². The van der Waals surface area contributed by atoms with Crippen molar-refractivity contribution in [3.05, 3.63) is 0 Å². The number of likely N-dealkylation sites (tertiary alicyclic amines) is 1. The van der Waals surface area contributed by atoms with Crippen LogP contribution >= 0.6 is 11.8 Å². The molecule has 0 aliphatic carbocycles. The molecule has 7 atom stereocenters. The molecule has 1 spiro atoms. The van der Waals surface area contributed by atoms with E-state index < -0.39 is 28.7 Å². The van der Waals surface area contributed by atoms with Gasteiger partial charge in [-0.15, -0.1) is 11.8 Å². The maximum atomic E-state index is 13.7. The molecule has 3 aliphatic heterocycles. The van der Waals surface area contributed by atoms with Gasteiger partial charge in [0.25, 0.3) is 0 Å². The summed E-state index contributed by atoms with van der Waals surface area (Å²) in [5, 5.41) is 16.2. The maximum Gasteiger partial charge on any atom is 0.244 e.